The molecule has 35 heavy (non-hydrogen) atoms. The molecule has 4 fully saturated rings. The quantitative estimate of drug-likeness (QED) is 0.374. The van der Waals surface area contributed by atoms with Gasteiger partial charge in [-0.15, -0.1) is 0 Å². The molecule has 4 nitrogen and oxygen atoms in total. The number of carboxylic acid groups (broad SMARTS) is 2. The Hall–Kier alpha value is -1.06. The molecule has 0 radical (unpaired) electrons. The summed E-state index contributed by atoms with van der Waals surface area (Å²) >= 11 is 0. The van der Waals surface area contributed by atoms with Crippen molar-refractivity contribution in [1.82, 2.24) is 0 Å². The Balaban J connectivity index is 0.000000949. The second kappa shape index (κ2) is 14.0. The Kier molecular flexibility index (Phi) is 12.8. The highest BCUT2D eigenvalue weighted by Gasteiger charge is 2.60. The van der Waals surface area contributed by atoms with Crippen LogP contribution in [0.1, 0.15) is 133 Å². The van der Waals surface area contributed by atoms with Crippen molar-refractivity contribution >= 4 is 11.9 Å². The number of carbonyl (C=O) groups is 2. The van der Waals surface area contributed by atoms with Crippen molar-refractivity contribution in [3.63, 3.8) is 0 Å². The van der Waals surface area contributed by atoms with Gasteiger partial charge in [-0.2, -0.15) is 0 Å². The summed E-state index contributed by atoms with van der Waals surface area (Å²) in [5, 5.41) is 18.7. The Morgan fingerprint density at radius 3 is 1.89 bits per heavy atom. The van der Waals surface area contributed by atoms with Gasteiger partial charge < -0.3 is 10.2 Å². The van der Waals surface area contributed by atoms with Crippen molar-refractivity contribution in [2.75, 3.05) is 0 Å². The van der Waals surface area contributed by atoms with Gasteiger partial charge in [0.1, 0.15) is 0 Å². The van der Waals surface area contributed by atoms with Crippen LogP contribution < -0.4 is 0 Å². The lowest BCUT2D eigenvalue weighted by atomic mass is 9.44. The van der Waals surface area contributed by atoms with Crippen molar-refractivity contribution in [2.24, 2.45) is 52.3 Å². The highest BCUT2D eigenvalue weighted by atomic mass is 16.4. The van der Waals surface area contributed by atoms with Gasteiger partial charge in [-0.3, -0.25) is 9.59 Å². The van der Waals surface area contributed by atoms with Crippen molar-refractivity contribution in [1.29, 1.82) is 0 Å². The minimum Gasteiger partial charge on any atom is -0.481 e. The second-order valence-corrected chi connectivity index (χ2v) is 11.6. The maximum atomic E-state index is 11.4. The number of hydrogen-bond acceptors (Lipinski definition) is 2. The first kappa shape index (κ1) is 32.0. The van der Waals surface area contributed by atoms with E-state index in [1.165, 1.54) is 57.8 Å². The summed E-state index contributed by atoms with van der Waals surface area (Å²) in [6.45, 7) is 19.2. The summed E-state index contributed by atoms with van der Waals surface area (Å²) in [6.07, 6.45) is 13.7. The van der Waals surface area contributed by atoms with Crippen LogP contribution in [0.15, 0.2) is 0 Å². The Bertz CT molecular complexity index is 646. The van der Waals surface area contributed by atoms with E-state index in [9.17, 15) is 19.8 Å². The molecule has 0 aliphatic heterocycles. The summed E-state index contributed by atoms with van der Waals surface area (Å²) < 4.78 is 0. The molecule has 4 heteroatoms. The molecule has 4 aliphatic carbocycles. The molecule has 206 valence electrons. The van der Waals surface area contributed by atoms with E-state index >= 15 is 0 Å². The summed E-state index contributed by atoms with van der Waals surface area (Å²) in [5.74, 6) is 0.381. The molecule has 0 spiro atoms. The van der Waals surface area contributed by atoms with Crippen LogP contribution in [0.2, 0.25) is 0 Å². The molecule has 0 amide bonds. The van der Waals surface area contributed by atoms with E-state index in [1.807, 2.05) is 41.5 Å². The summed E-state index contributed by atoms with van der Waals surface area (Å²) in [7, 11) is 0. The predicted octanol–water partition coefficient (Wildman–Crippen LogP) is 8.93. The van der Waals surface area contributed by atoms with E-state index in [4.69, 9.17) is 0 Å². The van der Waals surface area contributed by atoms with Crippen LogP contribution in [0.5, 0.6) is 0 Å². The molecule has 0 aromatic rings. The maximum Gasteiger partial charge on any atom is 0.317 e. The van der Waals surface area contributed by atoms with Crippen LogP contribution in [0, 0.1) is 52.3 Å². The van der Waals surface area contributed by atoms with Crippen molar-refractivity contribution in [3.8, 4) is 0 Å². The molecule has 4 aliphatic rings. The van der Waals surface area contributed by atoms with Gasteiger partial charge >= 0.3 is 11.9 Å². The molecule has 0 heterocycles. The largest absolute Gasteiger partial charge is 0.481 e. The maximum absolute atomic E-state index is 11.4. The lowest BCUT2D eigenvalue weighted by molar-refractivity contribution is -0.156. The number of aliphatic carboxylic acids is 2. The van der Waals surface area contributed by atoms with Gasteiger partial charge in [0.2, 0.25) is 0 Å². The standard InChI is InChI=1S/C25H40O4.3C2H6/c1-15(14-18(22(26)27)23(28)29)19-9-10-20-17-8-7-16-6-4-5-12-24(16,2)21(17)11-13-25(19,20)3;3*1-2/h15-21H,4-14H2,1-3H3,(H,26,27)(H,28,29);3*1-2H3. The number of carboxylic acids is 2. The van der Waals surface area contributed by atoms with Crippen molar-refractivity contribution in [2.45, 2.75) is 133 Å². The minimum atomic E-state index is -1.26. The molecule has 8 unspecified atom stereocenters. The molecule has 0 aromatic carbocycles. The van der Waals surface area contributed by atoms with E-state index in [1.54, 1.807) is 0 Å². The van der Waals surface area contributed by atoms with Gasteiger partial charge in [-0.1, -0.05) is 75.2 Å². The molecule has 4 rings (SSSR count). The molecule has 0 bridgehead atoms. The Morgan fingerprint density at radius 1 is 0.743 bits per heavy atom. The SMILES string of the molecule is CC.CC.CC.CC(CC(C(=O)O)C(=O)O)C1CCC2C3CCC4CCCCC4(C)C3CCC12C. The topological polar surface area (TPSA) is 74.6 Å². The van der Waals surface area contributed by atoms with E-state index in [2.05, 4.69) is 20.8 Å². The smallest absolute Gasteiger partial charge is 0.317 e. The van der Waals surface area contributed by atoms with Gasteiger partial charge in [0, 0.05) is 0 Å². The third kappa shape index (κ3) is 6.27. The number of hydrogen-bond donors (Lipinski definition) is 2. The fourth-order valence-electron chi connectivity index (χ4n) is 9.11. The van der Waals surface area contributed by atoms with Crippen LogP contribution in [0.25, 0.3) is 0 Å². The summed E-state index contributed by atoms with van der Waals surface area (Å²) in [5.41, 5.74) is 0.809. The van der Waals surface area contributed by atoms with Crippen LogP contribution in [-0.4, -0.2) is 22.2 Å². The Morgan fingerprint density at radius 2 is 1.31 bits per heavy atom. The van der Waals surface area contributed by atoms with Crippen LogP contribution >= 0.6 is 0 Å². The third-order valence-electron chi connectivity index (χ3n) is 10.5. The van der Waals surface area contributed by atoms with E-state index < -0.39 is 17.9 Å². The fourth-order valence-corrected chi connectivity index (χ4v) is 9.11. The van der Waals surface area contributed by atoms with Gasteiger partial charge in [-0.05, 0) is 104 Å². The summed E-state index contributed by atoms with van der Waals surface area (Å²) in [4.78, 5) is 22.9. The highest BCUT2D eigenvalue weighted by molar-refractivity contribution is 5.92. The lowest BCUT2D eigenvalue weighted by Crippen LogP contribution is -2.53. The number of rotatable bonds is 5. The lowest BCUT2D eigenvalue weighted by Gasteiger charge is -2.61. The van der Waals surface area contributed by atoms with Gasteiger partial charge in [0.25, 0.3) is 0 Å². The zero-order chi connectivity index (χ0) is 27.0. The first-order valence-electron chi connectivity index (χ1n) is 15.1. The van der Waals surface area contributed by atoms with E-state index in [0.29, 0.717) is 11.3 Å². The molecular formula is C31H58O4. The van der Waals surface area contributed by atoms with Gasteiger partial charge in [0.05, 0.1) is 0 Å². The van der Waals surface area contributed by atoms with Gasteiger partial charge in [-0.25, -0.2) is 0 Å². The van der Waals surface area contributed by atoms with Crippen LogP contribution in [0.4, 0.5) is 0 Å². The predicted molar refractivity (Wildman–Crippen MR) is 146 cm³/mol. The molecule has 0 saturated heterocycles. The first-order chi connectivity index (χ1) is 16.7. The monoisotopic (exact) mass is 494 g/mol. The van der Waals surface area contributed by atoms with Crippen molar-refractivity contribution in [3.05, 3.63) is 0 Å². The zero-order valence-electron chi connectivity index (χ0n) is 24.5. The summed E-state index contributed by atoms with van der Waals surface area (Å²) in [6, 6.07) is 0. The number of fused-ring (bicyclic) bond motifs is 5. The normalized spacial score (nSPS) is 37.9. The molecule has 8 atom stereocenters. The second-order valence-electron chi connectivity index (χ2n) is 11.6. The molecule has 4 saturated carbocycles. The minimum absolute atomic E-state index is 0.153. The molecular weight excluding hydrogens is 436 g/mol. The van der Waals surface area contributed by atoms with E-state index in [-0.39, 0.29) is 17.8 Å². The first-order valence-corrected chi connectivity index (χ1v) is 15.1. The third-order valence-corrected chi connectivity index (χ3v) is 10.5. The molecule has 2 N–H and O–H groups in total. The van der Waals surface area contributed by atoms with Crippen LogP contribution in [0.3, 0.4) is 0 Å². The highest BCUT2D eigenvalue weighted by Crippen LogP contribution is 2.68. The van der Waals surface area contributed by atoms with Gasteiger partial charge in [0.15, 0.2) is 5.92 Å². The fraction of sp³-hybridized carbons (Fsp3) is 0.935. The zero-order valence-corrected chi connectivity index (χ0v) is 24.5. The van der Waals surface area contributed by atoms with Crippen LogP contribution in [-0.2, 0) is 9.59 Å². The van der Waals surface area contributed by atoms with Crippen molar-refractivity contribution < 1.29 is 19.8 Å². The molecule has 0 aromatic heterocycles. The Labute approximate surface area is 217 Å². The van der Waals surface area contributed by atoms with E-state index in [0.717, 1.165) is 30.1 Å². The average Bonchev–Trinajstić information content (AvgIpc) is 3.22. The average molecular weight is 495 g/mol.